The van der Waals surface area contributed by atoms with Gasteiger partial charge in [0.15, 0.2) is 0 Å². The molecule has 0 amide bonds. The normalized spacial score (nSPS) is 18.1. The van der Waals surface area contributed by atoms with Gasteiger partial charge in [0.05, 0.1) is 0 Å². The second-order valence-electron chi connectivity index (χ2n) is 3.95. The van der Waals surface area contributed by atoms with Gasteiger partial charge >= 0.3 is 0 Å². The first-order chi connectivity index (χ1) is 7.95. The first kappa shape index (κ1) is 12.9. The smallest absolute Gasteiger partial charge is 0.246 e. The molecule has 0 atom stereocenters. The summed E-state index contributed by atoms with van der Waals surface area (Å²) in [5, 5.41) is 8.83. The van der Waals surface area contributed by atoms with E-state index in [1.807, 2.05) is 0 Å². The van der Waals surface area contributed by atoms with Crippen LogP contribution in [-0.4, -0.2) is 37.5 Å². The number of hydrogen-bond acceptors (Lipinski definition) is 3. The maximum Gasteiger partial charge on any atom is 0.246 e. The van der Waals surface area contributed by atoms with E-state index in [4.69, 9.17) is 5.11 Å². The van der Waals surface area contributed by atoms with E-state index in [0.717, 1.165) is 6.07 Å². The van der Waals surface area contributed by atoms with Crippen LogP contribution in [0.3, 0.4) is 0 Å². The standard InChI is InChI=1S/C10H11BrFNO3S/c11-8-1-2-10(9(12)3-8)17(15,16)13-4-7(5-13)6-14/h1-3,7,14H,4-6H2. The molecule has 0 unspecified atom stereocenters. The van der Waals surface area contributed by atoms with Gasteiger partial charge in [0.25, 0.3) is 0 Å². The van der Waals surface area contributed by atoms with E-state index in [9.17, 15) is 12.8 Å². The summed E-state index contributed by atoms with van der Waals surface area (Å²) in [6, 6.07) is 3.84. The van der Waals surface area contributed by atoms with Crippen LogP contribution in [0.5, 0.6) is 0 Å². The maximum absolute atomic E-state index is 13.6. The first-order valence-electron chi connectivity index (χ1n) is 5.01. The van der Waals surface area contributed by atoms with E-state index in [1.54, 1.807) is 0 Å². The van der Waals surface area contributed by atoms with Crippen molar-refractivity contribution >= 4 is 26.0 Å². The van der Waals surface area contributed by atoms with E-state index in [-0.39, 0.29) is 30.5 Å². The summed E-state index contributed by atoms with van der Waals surface area (Å²) in [5.74, 6) is -0.810. The van der Waals surface area contributed by atoms with Crippen LogP contribution in [0, 0.1) is 11.7 Å². The van der Waals surface area contributed by atoms with Crippen LogP contribution in [0.1, 0.15) is 0 Å². The Hall–Kier alpha value is -0.500. The lowest BCUT2D eigenvalue weighted by Gasteiger charge is -2.36. The van der Waals surface area contributed by atoms with Crippen molar-refractivity contribution in [2.45, 2.75) is 4.90 Å². The molecule has 7 heteroatoms. The topological polar surface area (TPSA) is 57.6 Å². The molecule has 0 aliphatic carbocycles. The molecule has 0 spiro atoms. The van der Waals surface area contributed by atoms with Crippen molar-refractivity contribution < 1.29 is 17.9 Å². The minimum absolute atomic E-state index is 0.0386. The Labute approximate surface area is 107 Å². The molecule has 1 N–H and O–H groups in total. The largest absolute Gasteiger partial charge is 0.396 e. The number of aliphatic hydroxyl groups is 1. The van der Waals surface area contributed by atoms with Crippen LogP contribution in [0.4, 0.5) is 4.39 Å². The fraction of sp³-hybridized carbons (Fsp3) is 0.400. The minimum Gasteiger partial charge on any atom is -0.396 e. The third kappa shape index (κ3) is 2.37. The lowest BCUT2D eigenvalue weighted by Crippen LogP contribution is -2.51. The van der Waals surface area contributed by atoms with Crippen molar-refractivity contribution in [1.29, 1.82) is 0 Å². The average molecular weight is 324 g/mol. The molecule has 1 fully saturated rings. The predicted molar refractivity (Wildman–Crippen MR) is 63.4 cm³/mol. The Kier molecular flexibility index (Phi) is 3.53. The lowest BCUT2D eigenvalue weighted by atomic mass is 10.1. The van der Waals surface area contributed by atoms with Crippen molar-refractivity contribution in [1.82, 2.24) is 4.31 Å². The Morgan fingerprint density at radius 3 is 2.65 bits per heavy atom. The molecule has 1 aliphatic rings. The quantitative estimate of drug-likeness (QED) is 0.909. The summed E-state index contributed by atoms with van der Waals surface area (Å²) >= 11 is 3.07. The highest BCUT2D eigenvalue weighted by molar-refractivity contribution is 9.10. The molecule has 4 nitrogen and oxygen atoms in total. The van der Waals surface area contributed by atoms with Crippen molar-refractivity contribution in [2.75, 3.05) is 19.7 Å². The van der Waals surface area contributed by atoms with Crippen LogP contribution in [0.25, 0.3) is 0 Å². The summed E-state index contributed by atoms with van der Waals surface area (Å²) in [4.78, 5) is -0.322. The van der Waals surface area contributed by atoms with Crippen LogP contribution >= 0.6 is 15.9 Å². The second kappa shape index (κ2) is 4.64. The SMILES string of the molecule is O=S(=O)(c1ccc(Br)cc1F)N1CC(CO)C1. The van der Waals surface area contributed by atoms with Gasteiger partial charge in [-0.05, 0) is 18.2 Å². The summed E-state index contributed by atoms with van der Waals surface area (Å²) in [5.41, 5.74) is 0. The molecular formula is C10H11BrFNO3S. The number of hydrogen-bond donors (Lipinski definition) is 1. The molecule has 94 valence electrons. The fourth-order valence-electron chi connectivity index (χ4n) is 1.66. The van der Waals surface area contributed by atoms with Gasteiger partial charge in [0.2, 0.25) is 10.0 Å². The zero-order valence-corrected chi connectivity index (χ0v) is 11.2. The molecule has 1 aliphatic heterocycles. The van der Waals surface area contributed by atoms with Gasteiger partial charge in [-0.3, -0.25) is 0 Å². The summed E-state index contributed by atoms with van der Waals surface area (Å²) in [7, 11) is -3.77. The van der Waals surface area contributed by atoms with Crippen molar-refractivity contribution in [3.8, 4) is 0 Å². The highest BCUT2D eigenvalue weighted by atomic mass is 79.9. The minimum atomic E-state index is -3.77. The Balaban J connectivity index is 2.27. The predicted octanol–water partition coefficient (Wildman–Crippen LogP) is 1.20. The Morgan fingerprint density at radius 1 is 1.47 bits per heavy atom. The Morgan fingerprint density at radius 2 is 2.12 bits per heavy atom. The molecule has 2 rings (SSSR count). The highest BCUT2D eigenvalue weighted by Gasteiger charge is 2.37. The fourth-order valence-corrected chi connectivity index (χ4v) is 3.63. The third-order valence-corrected chi connectivity index (χ3v) is 5.05. The number of halogens is 2. The van der Waals surface area contributed by atoms with Gasteiger partial charge in [-0.25, -0.2) is 12.8 Å². The number of sulfonamides is 1. The molecule has 17 heavy (non-hydrogen) atoms. The lowest BCUT2D eigenvalue weighted by molar-refractivity contribution is 0.117. The summed E-state index contributed by atoms with van der Waals surface area (Å²) in [6.07, 6.45) is 0. The van der Waals surface area contributed by atoms with E-state index >= 15 is 0 Å². The van der Waals surface area contributed by atoms with Crippen LogP contribution in [0.15, 0.2) is 27.6 Å². The van der Waals surface area contributed by atoms with Crippen LogP contribution in [0.2, 0.25) is 0 Å². The molecule has 1 aromatic carbocycles. The molecule has 1 heterocycles. The molecular weight excluding hydrogens is 313 g/mol. The van der Waals surface area contributed by atoms with Crippen molar-refractivity contribution in [2.24, 2.45) is 5.92 Å². The van der Waals surface area contributed by atoms with Gasteiger partial charge < -0.3 is 5.11 Å². The van der Waals surface area contributed by atoms with Gasteiger partial charge in [-0.1, -0.05) is 15.9 Å². The highest BCUT2D eigenvalue weighted by Crippen LogP contribution is 2.27. The average Bonchev–Trinajstić information content (AvgIpc) is 2.14. The van der Waals surface area contributed by atoms with Gasteiger partial charge in [0.1, 0.15) is 10.7 Å². The van der Waals surface area contributed by atoms with Gasteiger partial charge in [-0.2, -0.15) is 4.31 Å². The number of nitrogens with zero attached hydrogens (tertiary/aromatic N) is 1. The zero-order chi connectivity index (χ0) is 12.6. The van der Waals surface area contributed by atoms with E-state index < -0.39 is 15.8 Å². The zero-order valence-electron chi connectivity index (χ0n) is 8.81. The maximum atomic E-state index is 13.6. The molecule has 0 radical (unpaired) electrons. The monoisotopic (exact) mass is 323 g/mol. The van der Waals surface area contributed by atoms with Crippen molar-refractivity contribution in [3.05, 3.63) is 28.5 Å². The van der Waals surface area contributed by atoms with Gasteiger partial charge in [-0.15, -0.1) is 0 Å². The van der Waals surface area contributed by atoms with Crippen molar-refractivity contribution in [3.63, 3.8) is 0 Å². The summed E-state index contributed by atoms with van der Waals surface area (Å²) < 4.78 is 39.2. The number of rotatable bonds is 3. The molecule has 0 saturated carbocycles. The third-order valence-electron chi connectivity index (χ3n) is 2.69. The van der Waals surface area contributed by atoms with Gasteiger partial charge in [0, 0.05) is 30.1 Å². The Bertz CT molecular complexity index is 528. The number of benzene rings is 1. The van der Waals surface area contributed by atoms with E-state index in [2.05, 4.69) is 15.9 Å². The summed E-state index contributed by atoms with van der Waals surface area (Å²) in [6.45, 7) is 0.442. The van der Waals surface area contributed by atoms with E-state index in [0.29, 0.717) is 4.47 Å². The van der Waals surface area contributed by atoms with Crippen LogP contribution in [-0.2, 0) is 10.0 Å². The molecule has 0 aromatic heterocycles. The number of aliphatic hydroxyl groups excluding tert-OH is 1. The molecule has 1 saturated heterocycles. The second-order valence-corrected chi connectivity index (χ2v) is 6.77. The van der Waals surface area contributed by atoms with E-state index in [1.165, 1.54) is 16.4 Å². The van der Waals surface area contributed by atoms with Crippen LogP contribution < -0.4 is 0 Å². The molecule has 0 bridgehead atoms. The molecule has 1 aromatic rings. The first-order valence-corrected chi connectivity index (χ1v) is 7.24.